The molecule has 0 saturated heterocycles. The molecule has 2 heteroatoms. The minimum atomic E-state index is 0.407. The number of fused-ring (bicyclic) bond motifs is 6. The third kappa shape index (κ3) is 2.97. The fourth-order valence-corrected chi connectivity index (χ4v) is 5.55. The van der Waals surface area contributed by atoms with Crippen LogP contribution in [0.2, 0.25) is 0 Å². The van der Waals surface area contributed by atoms with Crippen molar-refractivity contribution in [2.45, 2.75) is 47.0 Å². The van der Waals surface area contributed by atoms with Gasteiger partial charge in [-0.3, -0.25) is 4.98 Å². The maximum atomic E-state index is 4.87. The Kier molecular flexibility index (Phi) is 4.48. The van der Waals surface area contributed by atoms with Crippen LogP contribution in [0.3, 0.4) is 0 Å². The molecule has 0 aliphatic heterocycles. The van der Waals surface area contributed by atoms with Crippen LogP contribution in [0.5, 0.6) is 0 Å². The van der Waals surface area contributed by atoms with Gasteiger partial charge in [-0.05, 0) is 66.1 Å². The van der Waals surface area contributed by atoms with Gasteiger partial charge in [0, 0.05) is 33.3 Å². The normalized spacial score (nSPS) is 12.5. The second-order valence-corrected chi connectivity index (χ2v) is 10.3. The molecule has 0 fully saturated rings. The first-order chi connectivity index (χ1) is 15.9. The summed E-state index contributed by atoms with van der Waals surface area (Å²) in [5, 5.41) is 5.33. The van der Waals surface area contributed by atoms with Crippen LogP contribution in [0, 0.1) is 12.8 Å². The van der Waals surface area contributed by atoms with Crippen molar-refractivity contribution in [1.29, 1.82) is 0 Å². The lowest BCUT2D eigenvalue weighted by Crippen LogP contribution is -1.99. The second-order valence-electron chi connectivity index (χ2n) is 10.3. The van der Waals surface area contributed by atoms with Crippen molar-refractivity contribution >= 4 is 38.1 Å². The number of para-hydroxylation sites is 2. The molecule has 6 rings (SSSR count). The van der Waals surface area contributed by atoms with E-state index < -0.39 is 0 Å². The van der Waals surface area contributed by atoms with Crippen LogP contribution in [-0.4, -0.2) is 9.38 Å². The second kappa shape index (κ2) is 7.31. The fraction of sp³-hybridized carbons (Fsp3) is 0.258. The van der Waals surface area contributed by atoms with E-state index >= 15 is 0 Å². The Morgan fingerprint density at radius 2 is 1.52 bits per heavy atom. The van der Waals surface area contributed by atoms with Gasteiger partial charge >= 0.3 is 0 Å². The lowest BCUT2D eigenvalue weighted by molar-refractivity contribution is 0.644. The van der Waals surface area contributed by atoms with Crippen LogP contribution in [0.15, 0.2) is 66.9 Å². The molecule has 0 amide bonds. The summed E-state index contributed by atoms with van der Waals surface area (Å²) in [6, 6.07) is 22.6. The molecule has 0 radical (unpaired) electrons. The van der Waals surface area contributed by atoms with Crippen LogP contribution in [0.25, 0.3) is 49.4 Å². The number of benzene rings is 3. The smallest absolute Gasteiger partial charge is 0.0705 e. The van der Waals surface area contributed by atoms with Crippen LogP contribution >= 0.6 is 0 Å². The van der Waals surface area contributed by atoms with Crippen molar-refractivity contribution < 1.29 is 0 Å². The molecule has 3 aromatic heterocycles. The zero-order valence-electron chi connectivity index (χ0n) is 20.1. The SMILES string of the molecule is Cc1cnc(-c2cc(C(C)C)c3c(c2)c2cccc4c5ccccc5n3c42)cc1CC(C)C. The Hall–Kier alpha value is -3.39. The topological polar surface area (TPSA) is 17.3 Å². The van der Waals surface area contributed by atoms with Crippen LogP contribution in [0.4, 0.5) is 0 Å². The third-order valence-corrected chi connectivity index (χ3v) is 7.11. The van der Waals surface area contributed by atoms with Gasteiger partial charge in [0.2, 0.25) is 0 Å². The highest BCUT2D eigenvalue weighted by Gasteiger charge is 2.21. The molecule has 0 N–H and O–H groups in total. The Balaban J connectivity index is 1.72. The summed E-state index contributed by atoms with van der Waals surface area (Å²) in [6.07, 6.45) is 3.13. The van der Waals surface area contributed by atoms with Crippen molar-refractivity contribution in [3.63, 3.8) is 0 Å². The third-order valence-electron chi connectivity index (χ3n) is 7.11. The van der Waals surface area contributed by atoms with Crippen LogP contribution in [0.1, 0.15) is 50.3 Å². The number of rotatable bonds is 4. The van der Waals surface area contributed by atoms with Crippen LogP contribution < -0.4 is 0 Å². The summed E-state index contributed by atoms with van der Waals surface area (Å²) in [7, 11) is 0. The molecule has 0 aliphatic carbocycles. The molecule has 3 aromatic carbocycles. The molecule has 0 unspecified atom stereocenters. The average molecular weight is 431 g/mol. The van der Waals surface area contributed by atoms with Crippen LogP contribution in [-0.2, 0) is 6.42 Å². The van der Waals surface area contributed by atoms with Gasteiger partial charge in [0.25, 0.3) is 0 Å². The van der Waals surface area contributed by atoms with Gasteiger partial charge in [-0.15, -0.1) is 0 Å². The molecule has 164 valence electrons. The quantitative estimate of drug-likeness (QED) is 0.274. The summed E-state index contributed by atoms with van der Waals surface area (Å²) in [6.45, 7) is 11.3. The Morgan fingerprint density at radius 1 is 0.788 bits per heavy atom. The minimum absolute atomic E-state index is 0.407. The van der Waals surface area contributed by atoms with Crippen molar-refractivity contribution in [3.05, 3.63) is 83.6 Å². The molecular formula is C31H30N2. The molecule has 2 nitrogen and oxygen atoms in total. The maximum absolute atomic E-state index is 4.87. The molecule has 0 atom stereocenters. The van der Waals surface area contributed by atoms with E-state index in [2.05, 4.69) is 99.7 Å². The van der Waals surface area contributed by atoms with Crippen molar-refractivity contribution in [3.8, 4) is 11.3 Å². The number of nitrogens with zero attached hydrogens (tertiary/aromatic N) is 2. The molecule has 33 heavy (non-hydrogen) atoms. The molecule has 6 aromatic rings. The van der Waals surface area contributed by atoms with Gasteiger partial charge in [0.1, 0.15) is 0 Å². The van der Waals surface area contributed by atoms with Gasteiger partial charge in [0.05, 0.1) is 22.2 Å². The minimum Gasteiger partial charge on any atom is -0.308 e. The summed E-state index contributed by atoms with van der Waals surface area (Å²) < 4.78 is 2.50. The molecule has 0 bridgehead atoms. The Morgan fingerprint density at radius 3 is 2.27 bits per heavy atom. The van der Waals surface area contributed by atoms with Gasteiger partial charge in [0.15, 0.2) is 0 Å². The summed E-state index contributed by atoms with van der Waals surface area (Å²) in [5.41, 5.74) is 10.3. The first-order valence-corrected chi connectivity index (χ1v) is 12.1. The van der Waals surface area contributed by atoms with Gasteiger partial charge in [-0.2, -0.15) is 0 Å². The van der Waals surface area contributed by atoms with Crippen molar-refractivity contribution in [1.82, 2.24) is 9.38 Å². The molecule has 0 aliphatic rings. The lowest BCUT2D eigenvalue weighted by atomic mass is 9.93. The number of pyridine rings is 1. The predicted molar refractivity (Wildman–Crippen MR) is 142 cm³/mol. The van der Waals surface area contributed by atoms with Gasteiger partial charge in [-0.1, -0.05) is 64.1 Å². The van der Waals surface area contributed by atoms with E-state index in [0.717, 1.165) is 12.1 Å². The van der Waals surface area contributed by atoms with E-state index in [1.54, 1.807) is 0 Å². The summed E-state index contributed by atoms with van der Waals surface area (Å²) >= 11 is 0. The first kappa shape index (κ1) is 20.2. The Bertz CT molecular complexity index is 1650. The number of hydrogen-bond donors (Lipinski definition) is 0. The number of aromatic nitrogens is 2. The molecule has 3 heterocycles. The highest BCUT2D eigenvalue weighted by molar-refractivity contribution is 6.24. The highest BCUT2D eigenvalue weighted by atomic mass is 14.9. The highest BCUT2D eigenvalue weighted by Crippen LogP contribution is 2.43. The summed E-state index contributed by atoms with van der Waals surface area (Å²) in [4.78, 5) is 4.87. The Labute approximate surface area is 195 Å². The van der Waals surface area contributed by atoms with E-state index in [1.807, 2.05) is 6.20 Å². The van der Waals surface area contributed by atoms with Crippen molar-refractivity contribution in [2.75, 3.05) is 0 Å². The van der Waals surface area contributed by atoms with Gasteiger partial charge < -0.3 is 4.40 Å². The van der Waals surface area contributed by atoms with Crippen molar-refractivity contribution in [2.24, 2.45) is 5.92 Å². The monoisotopic (exact) mass is 430 g/mol. The summed E-state index contributed by atoms with van der Waals surface area (Å²) in [5.74, 6) is 1.03. The predicted octanol–water partition coefficient (Wildman–Crippen LogP) is 8.53. The molecular weight excluding hydrogens is 400 g/mol. The van der Waals surface area contributed by atoms with E-state index in [9.17, 15) is 0 Å². The van der Waals surface area contributed by atoms with Gasteiger partial charge in [-0.25, -0.2) is 0 Å². The zero-order chi connectivity index (χ0) is 22.9. The number of aryl methyl sites for hydroxylation is 1. The van der Waals surface area contributed by atoms with E-state index in [-0.39, 0.29) is 0 Å². The first-order valence-electron chi connectivity index (χ1n) is 12.1. The average Bonchev–Trinajstić information content (AvgIpc) is 3.31. The largest absolute Gasteiger partial charge is 0.308 e. The van der Waals surface area contributed by atoms with E-state index in [4.69, 9.17) is 4.98 Å². The van der Waals surface area contributed by atoms with E-state index in [0.29, 0.717) is 11.8 Å². The maximum Gasteiger partial charge on any atom is 0.0705 e. The molecule has 0 spiro atoms. The lowest BCUT2D eigenvalue weighted by Gasteiger charge is -2.14. The fourth-order valence-electron chi connectivity index (χ4n) is 5.55. The van der Waals surface area contributed by atoms with E-state index in [1.165, 1.54) is 60.3 Å². The molecule has 0 saturated carbocycles. The number of hydrogen-bond acceptors (Lipinski definition) is 1. The zero-order valence-corrected chi connectivity index (χ0v) is 20.1. The standard InChI is InChI=1S/C31H30N2/c1-18(2)13-21-16-28(32-17-20(21)5)22-14-26(19(3)4)31-27(15-22)25-11-8-10-24-23-9-6-7-12-29(23)33(31)30(24)25/h6-12,14-19H,13H2,1-5H3.